The molecule has 0 amide bonds. The zero-order chi connectivity index (χ0) is 13.6. The van der Waals surface area contributed by atoms with Crippen molar-refractivity contribution in [3.05, 3.63) is 0 Å². The zero-order valence-electron chi connectivity index (χ0n) is 12.5. The van der Waals surface area contributed by atoms with Gasteiger partial charge in [-0.3, -0.25) is 0 Å². The molecule has 0 saturated carbocycles. The molecule has 0 spiro atoms. The number of nitrogens with one attached hydrogen (secondary N) is 1. The van der Waals surface area contributed by atoms with E-state index in [4.69, 9.17) is 9.84 Å². The van der Waals surface area contributed by atoms with Gasteiger partial charge >= 0.3 is 0 Å². The zero-order valence-corrected chi connectivity index (χ0v) is 12.5. The van der Waals surface area contributed by atoms with Crippen LogP contribution in [0.1, 0.15) is 53.4 Å². The monoisotopic (exact) mass is 257 g/mol. The molecule has 1 aliphatic rings. The fraction of sp³-hybridized carbons (Fsp3) is 1.00. The van der Waals surface area contributed by atoms with E-state index in [1.165, 1.54) is 0 Å². The molecule has 3 heteroatoms. The van der Waals surface area contributed by atoms with Crippen LogP contribution in [0.4, 0.5) is 0 Å². The van der Waals surface area contributed by atoms with Crippen molar-refractivity contribution < 1.29 is 9.84 Å². The Kier molecular flexibility index (Phi) is 6.61. The number of hydrogen-bond donors (Lipinski definition) is 2. The maximum absolute atomic E-state index is 8.91. The minimum atomic E-state index is 0.272. The van der Waals surface area contributed by atoms with Gasteiger partial charge in [-0.05, 0) is 37.0 Å². The fourth-order valence-corrected chi connectivity index (χ4v) is 2.54. The van der Waals surface area contributed by atoms with Crippen molar-refractivity contribution in [1.29, 1.82) is 0 Å². The molecule has 0 aromatic heterocycles. The first-order valence-corrected chi connectivity index (χ1v) is 7.40. The predicted octanol–water partition coefficient (Wildman–Crippen LogP) is 2.58. The highest BCUT2D eigenvalue weighted by Gasteiger charge is 2.26. The van der Waals surface area contributed by atoms with Gasteiger partial charge in [0.2, 0.25) is 0 Å². The first-order valence-electron chi connectivity index (χ1n) is 7.40. The molecule has 2 atom stereocenters. The molecule has 18 heavy (non-hydrogen) atoms. The van der Waals surface area contributed by atoms with Crippen molar-refractivity contribution in [2.24, 2.45) is 11.3 Å². The van der Waals surface area contributed by atoms with Crippen LogP contribution < -0.4 is 5.32 Å². The molecule has 0 aromatic rings. The lowest BCUT2D eigenvalue weighted by molar-refractivity contribution is -0.0255. The molecule has 2 N–H and O–H groups in total. The van der Waals surface area contributed by atoms with Gasteiger partial charge in [-0.15, -0.1) is 0 Å². The van der Waals surface area contributed by atoms with Crippen molar-refractivity contribution in [1.82, 2.24) is 5.32 Å². The Hall–Kier alpha value is -0.120. The van der Waals surface area contributed by atoms with Gasteiger partial charge in [0.05, 0.1) is 6.10 Å². The van der Waals surface area contributed by atoms with Crippen LogP contribution in [0.2, 0.25) is 0 Å². The lowest BCUT2D eigenvalue weighted by atomic mass is 9.87. The van der Waals surface area contributed by atoms with Crippen molar-refractivity contribution in [2.75, 3.05) is 19.8 Å². The molecule has 1 saturated heterocycles. The van der Waals surface area contributed by atoms with E-state index in [0.717, 1.165) is 38.8 Å². The summed E-state index contributed by atoms with van der Waals surface area (Å²) in [4.78, 5) is 0. The van der Waals surface area contributed by atoms with Gasteiger partial charge in [0.15, 0.2) is 0 Å². The van der Waals surface area contributed by atoms with Gasteiger partial charge < -0.3 is 15.2 Å². The second-order valence-electron chi connectivity index (χ2n) is 6.75. The average Bonchev–Trinajstić information content (AvgIpc) is 2.34. The van der Waals surface area contributed by atoms with E-state index in [1.54, 1.807) is 0 Å². The van der Waals surface area contributed by atoms with Crippen LogP contribution >= 0.6 is 0 Å². The summed E-state index contributed by atoms with van der Waals surface area (Å²) in [5, 5.41) is 12.6. The van der Waals surface area contributed by atoms with Crippen LogP contribution in [0.15, 0.2) is 0 Å². The summed E-state index contributed by atoms with van der Waals surface area (Å²) >= 11 is 0. The molecule has 1 heterocycles. The normalized spacial score (nSPS) is 25.7. The molecule has 1 fully saturated rings. The summed E-state index contributed by atoms with van der Waals surface area (Å²) in [5.41, 5.74) is 0.272. The summed E-state index contributed by atoms with van der Waals surface area (Å²) < 4.78 is 5.79. The molecule has 1 rings (SSSR count). The summed E-state index contributed by atoms with van der Waals surface area (Å²) in [6, 6.07) is 0.597. The van der Waals surface area contributed by atoms with Crippen molar-refractivity contribution in [2.45, 2.75) is 65.5 Å². The molecule has 108 valence electrons. The Labute approximate surface area is 112 Å². The standard InChI is InChI=1S/C15H31NO2/c1-12(2)14-10-13(6-9-18-14)16-11-15(3,4)7-5-8-17/h12-14,16-17H,5-11H2,1-4H3. The molecule has 1 aliphatic heterocycles. The van der Waals surface area contributed by atoms with E-state index in [2.05, 4.69) is 33.0 Å². The van der Waals surface area contributed by atoms with E-state index < -0.39 is 0 Å². The highest BCUT2D eigenvalue weighted by Crippen LogP contribution is 2.24. The lowest BCUT2D eigenvalue weighted by Crippen LogP contribution is -2.44. The third kappa shape index (κ3) is 5.68. The third-order valence-corrected chi connectivity index (χ3v) is 3.94. The Morgan fingerprint density at radius 3 is 2.72 bits per heavy atom. The van der Waals surface area contributed by atoms with Crippen molar-refractivity contribution >= 4 is 0 Å². The first kappa shape index (κ1) is 15.9. The molecule has 2 unspecified atom stereocenters. The smallest absolute Gasteiger partial charge is 0.0612 e. The topological polar surface area (TPSA) is 41.5 Å². The van der Waals surface area contributed by atoms with Gasteiger partial charge in [-0.2, -0.15) is 0 Å². The van der Waals surface area contributed by atoms with Crippen molar-refractivity contribution in [3.8, 4) is 0 Å². The van der Waals surface area contributed by atoms with E-state index in [-0.39, 0.29) is 5.41 Å². The van der Waals surface area contributed by atoms with Gasteiger partial charge in [-0.1, -0.05) is 27.7 Å². The molecule has 3 nitrogen and oxygen atoms in total. The Morgan fingerprint density at radius 1 is 1.39 bits per heavy atom. The number of hydrogen-bond acceptors (Lipinski definition) is 3. The third-order valence-electron chi connectivity index (χ3n) is 3.94. The van der Waals surface area contributed by atoms with Crippen LogP contribution in [0.5, 0.6) is 0 Å². The number of rotatable bonds is 7. The maximum atomic E-state index is 8.91. The molecule has 0 bridgehead atoms. The minimum absolute atomic E-state index is 0.272. The highest BCUT2D eigenvalue weighted by atomic mass is 16.5. The number of aliphatic hydroxyl groups is 1. The van der Waals surface area contributed by atoms with Crippen LogP contribution in [0, 0.1) is 11.3 Å². The molecular formula is C15H31NO2. The Morgan fingerprint density at radius 2 is 2.11 bits per heavy atom. The number of aliphatic hydroxyl groups excluding tert-OH is 1. The summed E-state index contributed by atoms with van der Waals surface area (Å²) in [5.74, 6) is 0.608. The van der Waals surface area contributed by atoms with Gasteiger partial charge in [-0.25, -0.2) is 0 Å². The summed E-state index contributed by atoms with van der Waals surface area (Å²) in [6.45, 7) is 11.2. The first-order chi connectivity index (χ1) is 8.44. The van der Waals surface area contributed by atoms with Gasteiger partial charge in [0.1, 0.15) is 0 Å². The largest absolute Gasteiger partial charge is 0.396 e. The lowest BCUT2D eigenvalue weighted by Gasteiger charge is -2.35. The average molecular weight is 257 g/mol. The van der Waals surface area contributed by atoms with Gasteiger partial charge in [0, 0.05) is 25.8 Å². The minimum Gasteiger partial charge on any atom is -0.396 e. The van der Waals surface area contributed by atoms with E-state index in [9.17, 15) is 0 Å². The second-order valence-corrected chi connectivity index (χ2v) is 6.75. The molecule has 0 aliphatic carbocycles. The highest BCUT2D eigenvalue weighted by molar-refractivity contribution is 4.81. The molecular weight excluding hydrogens is 226 g/mol. The Bertz CT molecular complexity index is 229. The SMILES string of the molecule is CC(C)C1CC(NCC(C)(C)CCCO)CCO1. The summed E-state index contributed by atoms with van der Waals surface area (Å²) in [6.07, 6.45) is 4.65. The van der Waals surface area contributed by atoms with E-state index in [0.29, 0.717) is 24.7 Å². The number of ether oxygens (including phenoxy) is 1. The van der Waals surface area contributed by atoms with Crippen molar-refractivity contribution in [3.63, 3.8) is 0 Å². The van der Waals surface area contributed by atoms with Crippen LogP contribution in [0.25, 0.3) is 0 Å². The van der Waals surface area contributed by atoms with E-state index in [1.807, 2.05) is 0 Å². The van der Waals surface area contributed by atoms with Crippen LogP contribution in [0.3, 0.4) is 0 Å². The quantitative estimate of drug-likeness (QED) is 0.736. The summed E-state index contributed by atoms with van der Waals surface area (Å²) in [7, 11) is 0. The molecule has 0 aromatic carbocycles. The van der Waals surface area contributed by atoms with Gasteiger partial charge in [0.25, 0.3) is 0 Å². The predicted molar refractivity (Wildman–Crippen MR) is 75.7 cm³/mol. The van der Waals surface area contributed by atoms with E-state index >= 15 is 0 Å². The van der Waals surface area contributed by atoms with Crippen LogP contribution in [-0.2, 0) is 4.74 Å². The fourth-order valence-electron chi connectivity index (χ4n) is 2.54. The Balaban J connectivity index is 2.29. The second kappa shape index (κ2) is 7.46. The molecule has 0 radical (unpaired) electrons. The van der Waals surface area contributed by atoms with Crippen LogP contribution in [-0.4, -0.2) is 37.0 Å². The maximum Gasteiger partial charge on any atom is 0.0612 e.